The molecule has 0 saturated carbocycles. The van der Waals surface area contributed by atoms with Crippen LogP contribution in [-0.2, 0) is 4.74 Å². The summed E-state index contributed by atoms with van der Waals surface area (Å²) < 4.78 is 194. The third kappa shape index (κ3) is 3.41. The van der Waals surface area contributed by atoms with Crippen molar-refractivity contribution in [3.63, 3.8) is 0 Å². The van der Waals surface area contributed by atoms with Crippen molar-refractivity contribution >= 4 is 15.9 Å². The Bertz CT molecular complexity index is 636. The molecule has 0 N–H and O–H groups in total. The normalized spacial score (nSPS) is 19.1. The van der Waals surface area contributed by atoms with E-state index in [-0.39, 0.29) is 0 Å². The van der Waals surface area contributed by atoms with Crippen molar-refractivity contribution in [2.45, 2.75) is 46.5 Å². The Morgan fingerprint density at radius 3 is 1.21 bits per heavy atom. The van der Waals surface area contributed by atoms with Gasteiger partial charge in [0.15, 0.2) is 0 Å². The molecule has 0 saturated heterocycles. The molecular weight excluding hydrogens is 517 g/mol. The highest BCUT2D eigenvalue weighted by atomic mass is 79.9. The smallest absolute Gasteiger partial charge is 0.318 e. The molecule has 19 heteroatoms. The largest absolute Gasteiger partial charge is 0.460 e. The van der Waals surface area contributed by atoms with E-state index < -0.39 is 53.1 Å². The second kappa shape index (κ2) is 6.24. The zero-order chi connectivity index (χ0) is 22.8. The van der Waals surface area contributed by atoms with Crippen LogP contribution >= 0.6 is 15.9 Å². The molecule has 3 nitrogen and oxygen atoms in total. The highest BCUT2D eigenvalue weighted by Crippen LogP contribution is 2.62. The first-order valence-corrected chi connectivity index (χ1v) is 6.81. The monoisotopic (exact) mass is 518 g/mol. The molecule has 1 aliphatic heterocycles. The SMILES string of the molecule is FC(F)(F)C(F)(F)C(F)(F)C(F)(F)C(F)(F)C(F)(F)C(F)(F)COC1(Br)N=N1. The molecule has 28 heavy (non-hydrogen) atoms. The summed E-state index contributed by atoms with van der Waals surface area (Å²) in [5.74, 6) is -46.8. The molecule has 0 aromatic carbocycles. The summed E-state index contributed by atoms with van der Waals surface area (Å²) in [6.45, 7) is -2.95. The Hall–Kier alpha value is -1.01. The standard InChI is InChI=1S/C9H2BrF15N2O/c10-9(26-27-9)28-1-2(11,12)3(13,14)4(15,16)5(17,18)6(19,20)7(21,22)8(23,24)25/h1H2. The van der Waals surface area contributed by atoms with Gasteiger partial charge in [0.25, 0.3) is 0 Å². The van der Waals surface area contributed by atoms with Crippen molar-refractivity contribution in [2.24, 2.45) is 10.2 Å². The fraction of sp³-hybridized carbons (Fsp3) is 1.00. The van der Waals surface area contributed by atoms with Gasteiger partial charge in [-0.2, -0.15) is 65.9 Å². The molecular formula is C9H2BrF15N2O. The van der Waals surface area contributed by atoms with E-state index in [0.717, 1.165) is 0 Å². The molecule has 0 fully saturated rings. The summed E-state index contributed by atoms with van der Waals surface area (Å²) in [5.41, 5.74) is 0. The first kappa shape index (κ1) is 25.0. The maximum absolute atomic E-state index is 13.3. The summed E-state index contributed by atoms with van der Waals surface area (Å²) in [4.78, 5) is 0. The molecule has 0 bridgehead atoms. The Morgan fingerprint density at radius 1 is 0.571 bits per heavy atom. The molecule has 1 rings (SSSR count). The van der Waals surface area contributed by atoms with Crippen LogP contribution in [0.25, 0.3) is 0 Å². The number of hydrogen-bond acceptors (Lipinski definition) is 3. The lowest BCUT2D eigenvalue weighted by molar-refractivity contribution is -0.453. The highest BCUT2D eigenvalue weighted by molar-refractivity contribution is 9.10. The van der Waals surface area contributed by atoms with Gasteiger partial charge in [-0.05, 0) is 0 Å². The minimum absolute atomic E-state index is 2.17. The van der Waals surface area contributed by atoms with E-state index >= 15 is 0 Å². The van der Waals surface area contributed by atoms with Crippen LogP contribution in [0, 0.1) is 0 Å². The van der Waals surface area contributed by atoms with E-state index in [1.807, 2.05) is 0 Å². The first-order chi connectivity index (χ1) is 11.9. The van der Waals surface area contributed by atoms with Crippen molar-refractivity contribution in [1.29, 1.82) is 0 Å². The number of rotatable bonds is 8. The summed E-state index contributed by atoms with van der Waals surface area (Å²) >= 11 is 2.17. The lowest BCUT2D eigenvalue weighted by Crippen LogP contribution is -2.73. The van der Waals surface area contributed by atoms with Crippen molar-refractivity contribution in [1.82, 2.24) is 0 Å². The number of hydrogen-bond donors (Lipinski definition) is 0. The summed E-state index contributed by atoms with van der Waals surface area (Å²) in [6, 6.07) is 0. The molecule has 1 aliphatic rings. The number of halogens is 16. The summed E-state index contributed by atoms with van der Waals surface area (Å²) in [7, 11) is 0. The Kier molecular flexibility index (Phi) is 5.58. The zero-order valence-electron chi connectivity index (χ0n) is 12.1. The van der Waals surface area contributed by atoms with Crippen LogP contribution in [-0.4, -0.2) is 53.1 Å². The molecule has 0 aliphatic carbocycles. The van der Waals surface area contributed by atoms with Gasteiger partial charge in [0.1, 0.15) is 6.61 Å². The fourth-order valence-electron chi connectivity index (χ4n) is 1.37. The van der Waals surface area contributed by atoms with Crippen molar-refractivity contribution in [3.8, 4) is 0 Å². The molecule has 0 atom stereocenters. The maximum atomic E-state index is 13.3. The van der Waals surface area contributed by atoms with Crippen LogP contribution in [0.3, 0.4) is 0 Å². The van der Waals surface area contributed by atoms with E-state index in [1.54, 1.807) is 0 Å². The molecule has 0 aromatic rings. The van der Waals surface area contributed by atoms with E-state index in [4.69, 9.17) is 0 Å². The van der Waals surface area contributed by atoms with Gasteiger partial charge in [-0.25, -0.2) is 0 Å². The molecule has 0 spiro atoms. The van der Waals surface area contributed by atoms with Crippen molar-refractivity contribution in [2.75, 3.05) is 6.61 Å². The lowest BCUT2D eigenvalue weighted by atomic mass is 9.91. The average molecular weight is 519 g/mol. The van der Waals surface area contributed by atoms with Gasteiger partial charge in [0.05, 0.1) is 0 Å². The van der Waals surface area contributed by atoms with Crippen LogP contribution in [0.1, 0.15) is 0 Å². The highest BCUT2D eigenvalue weighted by Gasteiger charge is 2.93. The van der Waals surface area contributed by atoms with Gasteiger partial charge >= 0.3 is 46.5 Å². The van der Waals surface area contributed by atoms with Crippen molar-refractivity contribution in [3.05, 3.63) is 0 Å². The quantitative estimate of drug-likeness (QED) is 0.225. The van der Waals surface area contributed by atoms with Gasteiger partial charge in [0, 0.05) is 15.9 Å². The first-order valence-electron chi connectivity index (χ1n) is 6.02. The van der Waals surface area contributed by atoms with E-state index in [9.17, 15) is 65.9 Å². The predicted molar refractivity (Wildman–Crippen MR) is 58.2 cm³/mol. The second-order valence-corrected chi connectivity index (χ2v) is 6.12. The van der Waals surface area contributed by atoms with Gasteiger partial charge in [-0.1, -0.05) is 0 Å². The van der Waals surface area contributed by atoms with Crippen LogP contribution in [0.2, 0.25) is 0 Å². The molecule has 166 valence electrons. The number of nitrogens with zero attached hydrogens (tertiary/aromatic N) is 2. The van der Waals surface area contributed by atoms with Gasteiger partial charge in [0.2, 0.25) is 0 Å². The molecule has 1 heterocycles. The molecule has 0 amide bonds. The Morgan fingerprint density at radius 2 is 0.893 bits per heavy atom. The van der Waals surface area contributed by atoms with Crippen LogP contribution in [0.4, 0.5) is 65.9 Å². The second-order valence-electron chi connectivity index (χ2n) is 5.09. The minimum Gasteiger partial charge on any atom is -0.318 e. The van der Waals surface area contributed by atoms with Gasteiger partial charge in [-0.15, -0.1) is 10.2 Å². The fourth-order valence-corrected chi connectivity index (χ4v) is 1.56. The summed E-state index contributed by atoms with van der Waals surface area (Å²) in [6.07, 6.45) is -7.63. The summed E-state index contributed by atoms with van der Waals surface area (Å²) in [5, 5.41) is 5.38. The molecule has 0 radical (unpaired) electrons. The average Bonchev–Trinajstić information content (AvgIpc) is 3.21. The molecule has 0 unspecified atom stereocenters. The van der Waals surface area contributed by atoms with Crippen molar-refractivity contribution < 1.29 is 70.6 Å². The zero-order valence-corrected chi connectivity index (χ0v) is 13.6. The Balaban J connectivity index is 3.35. The number of ether oxygens (including phenoxy) is 1. The van der Waals surface area contributed by atoms with Gasteiger partial charge < -0.3 is 4.74 Å². The number of alkyl halides is 16. The van der Waals surface area contributed by atoms with Crippen LogP contribution in [0.5, 0.6) is 0 Å². The third-order valence-electron chi connectivity index (χ3n) is 3.09. The van der Waals surface area contributed by atoms with E-state index in [2.05, 4.69) is 30.9 Å². The predicted octanol–water partition coefficient (Wildman–Crippen LogP) is 5.85. The topological polar surface area (TPSA) is 34.0 Å². The molecule has 0 aromatic heterocycles. The third-order valence-corrected chi connectivity index (χ3v) is 3.63. The Labute approximate surface area is 151 Å². The maximum Gasteiger partial charge on any atom is 0.460 e. The van der Waals surface area contributed by atoms with Crippen LogP contribution in [0.15, 0.2) is 10.2 Å². The minimum atomic E-state index is -8.31. The van der Waals surface area contributed by atoms with Crippen LogP contribution < -0.4 is 0 Å². The lowest BCUT2D eigenvalue weighted by Gasteiger charge is -2.41. The van der Waals surface area contributed by atoms with Gasteiger partial charge in [-0.3, -0.25) is 0 Å². The van der Waals surface area contributed by atoms with E-state index in [0.29, 0.717) is 0 Å². The van der Waals surface area contributed by atoms with E-state index in [1.165, 1.54) is 0 Å².